The summed E-state index contributed by atoms with van der Waals surface area (Å²) in [4.78, 5) is 19.3. The van der Waals surface area contributed by atoms with Crippen LogP contribution in [0.1, 0.15) is 16.2 Å². The summed E-state index contributed by atoms with van der Waals surface area (Å²) >= 11 is 10.3. The van der Waals surface area contributed by atoms with Crippen LogP contribution in [0, 0.1) is 0 Å². The molecule has 1 atom stereocenters. The fraction of sp³-hybridized carbons (Fsp3) is 0.286. The molecule has 29 heavy (non-hydrogen) atoms. The molecule has 2 aromatic carbocycles. The van der Waals surface area contributed by atoms with Crippen LogP contribution in [-0.4, -0.2) is 50.5 Å². The molecule has 0 aliphatic carbocycles. The summed E-state index contributed by atoms with van der Waals surface area (Å²) in [5, 5.41) is 2.99. The largest absolute Gasteiger partial charge is 0.411 e. The third-order valence-electron chi connectivity index (χ3n) is 4.97. The monoisotopic (exact) mass is 425 g/mol. The van der Waals surface area contributed by atoms with E-state index < -0.39 is 0 Å². The van der Waals surface area contributed by atoms with Gasteiger partial charge in [-0.05, 0) is 24.3 Å². The van der Waals surface area contributed by atoms with Gasteiger partial charge >= 0.3 is 0 Å². The number of aromatic nitrogens is 2. The van der Waals surface area contributed by atoms with Gasteiger partial charge in [-0.3, -0.25) is 4.79 Å². The van der Waals surface area contributed by atoms with Gasteiger partial charge in [-0.2, -0.15) is 0 Å². The van der Waals surface area contributed by atoms with Crippen molar-refractivity contribution in [3.05, 3.63) is 66.0 Å². The molecule has 150 valence electrons. The van der Waals surface area contributed by atoms with Gasteiger partial charge in [-0.1, -0.05) is 34.7 Å². The van der Waals surface area contributed by atoms with Crippen molar-refractivity contribution in [2.24, 2.45) is 0 Å². The molecule has 0 spiro atoms. The maximum Gasteiger partial charge on any atom is 0.252 e. The van der Waals surface area contributed by atoms with E-state index in [1.807, 2.05) is 51.9 Å². The molecule has 0 radical (unpaired) electrons. The zero-order valence-corrected chi connectivity index (χ0v) is 17.4. The van der Waals surface area contributed by atoms with Crippen molar-refractivity contribution in [1.82, 2.24) is 19.8 Å². The molecule has 2 heterocycles. The topological polar surface area (TPSA) is 59.4 Å². The molecular weight excluding hydrogens is 404 g/mol. The Balaban J connectivity index is 1.54. The van der Waals surface area contributed by atoms with Gasteiger partial charge in [-0.25, -0.2) is 4.98 Å². The van der Waals surface area contributed by atoms with Crippen LogP contribution in [0.4, 0.5) is 0 Å². The molecule has 1 N–H and O–H groups in total. The predicted octanol–water partition coefficient (Wildman–Crippen LogP) is 2.50. The van der Waals surface area contributed by atoms with E-state index in [9.17, 15) is 4.79 Å². The van der Waals surface area contributed by atoms with Crippen LogP contribution in [-0.2, 0) is 30.5 Å². The van der Waals surface area contributed by atoms with Gasteiger partial charge in [0.05, 0.1) is 30.4 Å². The second kappa shape index (κ2) is 8.86. The van der Waals surface area contributed by atoms with Crippen LogP contribution >= 0.6 is 12.2 Å². The van der Waals surface area contributed by atoms with Crippen LogP contribution in [0.15, 0.2) is 54.6 Å². The van der Waals surface area contributed by atoms with Gasteiger partial charge < -0.3 is 44.4 Å². The van der Waals surface area contributed by atoms with E-state index in [1.54, 1.807) is 12.1 Å². The number of hydrogen-bond donors (Lipinski definition) is 1. The van der Waals surface area contributed by atoms with Gasteiger partial charge in [0.1, 0.15) is 5.82 Å². The minimum Gasteiger partial charge on any atom is -0.411 e. The summed E-state index contributed by atoms with van der Waals surface area (Å²) in [6.45, 7) is 2.30. The number of carbonyl (C=O) groups is 1. The third-order valence-corrected chi connectivity index (χ3v) is 5.49. The lowest BCUT2D eigenvalue weighted by atomic mass is 10.2. The van der Waals surface area contributed by atoms with E-state index in [0.29, 0.717) is 36.1 Å². The molecule has 1 aromatic heterocycles. The molecule has 1 aliphatic heterocycles. The van der Waals surface area contributed by atoms with Crippen molar-refractivity contribution in [3.8, 4) is 0 Å². The summed E-state index contributed by atoms with van der Waals surface area (Å²) in [7, 11) is 0. The Hall–Kier alpha value is -2.55. The first-order valence-corrected chi connectivity index (χ1v) is 10.3. The molecule has 1 amide bonds. The highest BCUT2D eigenvalue weighted by Crippen LogP contribution is 2.19. The van der Waals surface area contributed by atoms with E-state index in [2.05, 4.69) is 5.32 Å². The molecule has 1 saturated heterocycles. The van der Waals surface area contributed by atoms with Crippen molar-refractivity contribution in [2.75, 3.05) is 19.7 Å². The molecule has 8 heteroatoms. The van der Waals surface area contributed by atoms with Crippen molar-refractivity contribution in [1.29, 1.82) is 0 Å². The lowest BCUT2D eigenvalue weighted by molar-refractivity contribution is -0.00446. The van der Waals surface area contributed by atoms with E-state index in [0.717, 1.165) is 23.4 Å². The first-order valence-electron chi connectivity index (χ1n) is 9.47. The highest BCUT2D eigenvalue weighted by Gasteiger charge is 2.22. The van der Waals surface area contributed by atoms with E-state index in [4.69, 9.17) is 34.6 Å². The summed E-state index contributed by atoms with van der Waals surface area (Å²) in [6, 6.07) is 17.1. The number of morpholine rings is 1. The summed E-state index contributed by atoms with van der Waals surface area (Å²) in [6.07, 6.45) is 0.565. The Morgan fingerprint density at radius 1 is 1.21 bits per heavy atom. The number of hydrogen-bond acceptors (Lipinski definition) is 5. The Labute approximate surface area is 180 Å². The second-order valence-corrected chi connectivity index (χ2v) is 7.92. The van der Waals surface area contributed by atoms with Crippen LogP contribution in [0.25, 0.3) is 11.0 Å². The normalized spacial score (nSPS) is 16.7. The number of para-hydroxylation sites is 2. The smallest absolute Gasteiger partial charge is 0.252 e. The quantitative estimate of drug-likeness (QED) is 0.501. The fourth-order valence-electron chi connectivity index (χ4n) is 3.51. The number of amides is 1. The van der Waals surface area contributed by atoms with Crippen molar-refractivity contribution >= 4 is 46.1 Å². The van der Waals surface area contributed by atoms with Crippen LogP contribution in [0.3, 0.4) is 0 Å². The van der Waals surface area contributed by atoms with E-state index in [1.165, 1.54) is 0 Å². The van der Waals surface area contributed by atoms with Gasteiger partial charge in [0, 0.05) is 25.1 Å². The zero-order valence-electron chi connectivity index (χ0n) is 15.8. The number of fused-ring (bicyclic) bond motifs is 1. The van der Waals surface area contributed by atoms with Gasteiger partial charge in [0.25, 0.3) is 5.91 Å². The number of carbonyl (C=O) groups excluding carboxylic acids is 1. The Morgan fingerprint density at radius 3 is 2.76 bits per heavy atom. The minimum absolute atomic E-state index is 0.0509. The average molecular weight is 426 g/mol. The maximum absolute atomic E-state index is 12.5. The third kappa shape index (κ3) is 4.55. The Kier molecular flexibility index (Phi) is 6.03. The summed E-state index contributed by atoms with van der Waals surface area (Å²) < 4.78 is 8.43. The molecule has 4 rings (SSSR count). The maximum atomic E-state index is 12.5. The van der Waals surface area contributed by atoms with E-state index in [-0.39, 0.29) is 12.0 Å². The number of rotatable bonds is 5. The first kappa shape index (κ1) is 19.8. The van der Waals surface area contributed by atoms with Crippen molar-refractivity contribution in [2.45, 2.75) is 19.2 Å². The average Bonchev–Trinajstić information content (AvgIpc) is 3.09. The summed E-state index contributed by atoms with van der Waals surface area (Å²) in [5.41, 5.74) is 2.49. The second-order valence-electron chi connectivity index (χ2n) is 6.88. The fourth-order valence-corrected chi connectivity index (χ4v) is 3.84. The molecule has 3 aromatic rings. The SMILES string of the molecule is O=C(NCn1c(CC2CN(C(=S)[S-])CCO2)nc2ccccc21)c1ccccc1. The Bertz CT molecular complexity index is 1020. The molecule has 1 unspecified atom stereocenters. The van der Waals surface area contributed by atoms with E-state index >= 15 is 0 Å². The highest BCUT2D eigenvalue weighted by molar-refractivity contribution is 8.00. The number of thiocarbonyl (C=S) groups is 1. The number of nitrogens with one attached hydrogen (secondary N) is 1. The summed E-state index contributed by atoms with van der Waals surface area (Å²) in [5.74, 6) is 0.743. The first-order chi connectivity index (χ1) is 14.1. The van der Waals surface area contributed by atoms with Crippen molar-refractivity contribution < 1.29 is 9.53 Å². The lowest BCUT2D eigenvalue weighted by Gasteiger charge is -2.36. The standard InChI is InChI=1S/C21H22N4O2S2/c26-20(15-6-2-1-3-7-15)22-14-25-18-9-5-4-8-17(18)23-19(25)12-16-13-24(21(28)29)10-11-27-16/h1-9,16H,10-14H2,(H,22,26)(H,28,29)/p-1. The Morgan fingerprint density at radius 2 is 1.97 bits per heavy atom. The molecule has 6 nitrogen and oxygen atoms in total. The minimum atomic E-state index is -0.120. The van der Waals surface area contributed by atoms with Gasteiger partial charge in [0.2, 0.25) is 0 Å². The number of benzene rings is 2. The molecule has 1 aliphatic rings. The van der Waals surface area contributed by atoms with Crippen LogP contribution in [0.2, 0.25) is 0 Å². The lowest BCUT2D eigenvalue weighted by Crippen LogP contribution is -2.45. The molecular formula is C21H21N4O2S2-. The predicted molar refractivity (Wildman–Crippen MR) is 119 cm³/mol. The van der Waals surface area contributed by atoms with Gasteiger partial charge in [0.15, 0.2) is 0 Å². The van der Waals surface area contributed by atoms with Gasteiger partial charge in [-0.15, -0.1) is 0 Å². The molecule has 1 fully saturated rings. The van der Waals surface area contributed by atoms with Crippen LogP contribution in [0.5, 0.6) is 0 Å². The number of nitrogens with zero attached hydrogens (tertiary/aromatic N) is 3. The highest BCUT2D eigenvalue weighted by atomic mass is 32.1. The molecule has 0 bridgehead atoms. The number of imidazole rings is 1. The molecule has 0 saturated carbocycles. The van der Waals surface area contributed by atoms with Crippen molar-refractivity contribution in [3.63, 3.8) is 0 Å². The van der Waals surface area contributed by atoms with Crippen LogP contribution < -0.4 is 5.32 Å². The zero-order chi connectivity index (χ0) is 20.2. The number of ether oxygens (including phenoxy) is 1.